The van der Waals surface area contributed by atoms with Gasteiger partial charge in [0.2, 0.25) is 0 Å². The summed E-state index contributed by atoms with van der Waals surface area (Å²) in [6.45, 7) is 5.00. The minimum atomic E-state index is -1.11. The Labute approximate surface area is 116 Å². The van der Waals surface area contributed by atoms with Gasteiger partial charge in [-0.2, -0.15) is 0 Å². The summed E-state index contributed by atoms with van der Waals surface area (Å²) in [7, 11) is -1.11. The van der Waals surface area contributed by atoms with Crippen LogP contribution in [0.15, 0.2) is 29.2 Å². The van der Waals surface area contributed by atoms with Crippen molar-refractivity contribution in [2.24, 2.45) is 0 Å². The molecule has 1 aromatic rings. The lowest BCUT2D eigenvalue weighted by Gasteiger charge is -2.16. The summed E-state index contributed by atoms with van der Waals surface area (Å²) in [5.41, 5.74) is 0. The second-order valence-electron chi connectivity index (χ2n) is 3.61. The zero-order valence-corrected chi connectivity index (χ0v) is 12.3. The van der Waals surface area contributed by atoms with Crippen molar-refractivity contribution in [3.05, 3.63) is 29.3 Å². The SMILES string of the molecule is CCOC(CCS(=O)c1ccccc1Cl)OCC. The first-order valence-electron chi connectivity index (χ1n) is 6.05. The minimum Gasteiger partial charge on any atom is -0.353 e. The van der Waals surface area contributed by atoms with Gasteiger partial charge in [0, 0.05) is 25.4 Å². The predicted molar refractivity (Wildman–Crippen MR) is 74.4 cm³/mol. The van der Waals surface area contributed by atoms with E-state index >= 15 is 0 Å². The molecule has 0 radical (unpaired) electrons. The van der Waals surface area contributed by atoms with Gasteiger partial charge in [0.1, 0.15) is 0 Å². The fourth-order valence-corrected chi connectivity index (χ4v) is 3.07. The lowest BCUT2D eigenvalue weighted by molar-refractivity contribution is -0.136. The Morgan fingerprint density at radius 3 is 2.39 bits per heavy atom. The molecule has 0 N–H and O–H groups in total. The summed E-state index contributed by atoms with van der Waals surface area (Å²) >= 11 is 6.00. The molecule has 0 saturated heterocycles. The lowest BCUT2D eigenvalue weighted by Crippen LogP contribution is -2.20. The molecule has 0 spiro atoms. The van der Waals surface area contributed by atoms with Crippen LogP contribution >= 0.6 is 11.6 Å². The maximum atomic E-state index is 12.1. The van der Waals surface area contributed by atoms with E-state index in [1.807, 2.05) is 26.0 Å². The zero-order chi connectivity index (χ0) is 13.4. The first kappa shape index (κ1) is 15.6. The van der Waals surface area contributed by atoms with E-state index in [2.05, 4.69) is 0 Å². The van der Waals surface area contributed by atoms with Crippen molar-refractivity contribution in [3.63, 3.8) is 0 Å². The van der Waals surface area contributed by atoms with Crippen molar-refractivity contribution in [1.29, 1.82) is 0 Å². The maximum Gasteiger partial charge on any atom is 0.158 e. The van der Waals surface area contributed by atoms with E-state index in [1.165, 1.54) is 0 Å². The minimum absolute atomic E-state index is 0.286. The van der Waals surface area contributed by atoms with Crippen LogP contribution in [0.4, 0.5) is 0 Å². The molecule has 0 saturated carbocycles. The Hall–Kier alpha value is -0.420. The van der Waals surface area contributed by atoms with Crippen molar-refractivity contribution in [2.75, 3.05) is 19.0 Å². The molecular formula is C13H19ClO3S. The summed E-state index contributed by atoms with van der Waals surface area (Å²) in [6.07, 6.45) is 0.311. The van der Waals surface area contributed by atoms with E-state index in [4.69, 9.17) is 21.1 Å². The molecule has 1 rings (SSSR count). The molecule has 0 aliphatic carbocycles. The third kappa shape index (κ3) is 5.06. The topological polar surface area (TPSA) is 35.5 Å². The van der Waals surface area contributed by atoms with E-state index < -0.39 is 10.8 Å². The summed E-state index contributed by atoms with van der Waals surface area (Å²) < 4.78 is 22.9. The molecule has 0 aliphatic rings. The molecule has 18 heavy (non-hydrogen) atoms. The van der Waals surface area contributed by atoms with Gasteiger partial charge in [0.05, 0.1) is 20.7 Å². The van der Waals surface area contributed by atoms with Crippen LogP contribution in [0.5, 0.6) is 0 Å². The smallest absolute Gasteiger partial charge is 0.158 e. The van der Waals surface area contributed by atoms with Crippen LogP contribution in [0.25, 0.3) is 0 Å². The van der Waals surface area contributed by atoms with Gasteiger partial charge < -0.3 is 9.47 Å². The van der Waals surface area contributed by atoms with Crippen molar-refractivity contribution in [3.8, 4) is 0 Å². The van der Waals surface area contributed by atoms with E-state index in [9.17, 15) is 4.21 Å². The Morgan fingerprint density at radius 2 is 1.83 bits per heavy atom. The van der Waals surface area contributed by atoms with Gasteiger partial charge in [-0.15, -0.1) is 0 Å². The largest absolute Gasteiger partial charge is 0.353 e. The Balaban J connectivity index is 2.52. The van der Waals surface area contributed by atoms with E-state index in [0.717, 1.165) is 0 Å². The average molecular weight is 291 g/mol. The van der Waals surface area contributed by atoms with E-state index in [1.54, 1.807) is 12.1 Å². The van der Waals surface area contributed by atoms with Gasteiger partial charge in [-0.1, -0.05) is 23.7 Å². The van der Waals surface area contributed by atoms with E-state index in [0.29, 0.717) is 35.3 Å². The van der Waals surface area contributed by atoms with Crippen molar-refractivity contribution in [1.82, 2.24) is 0 Å². The van der Waals surface area contributed by atoms with Crippen LogP contribution < -0.4 is 0 Å². The fourth-order valence-electron chi connectivity index (χ4n) is 1.53. The van der Waals surface area contributed by atoms with Crippen LogP contribution in [0.2, 0.25) is 5.02 Å². The standard InChI is InChI=1S/C13H19ClO3S/c1-3-16-13(17-4-2)9-10-18(15)12-8-6-5-7-11(12)14/h5-8,13H,3-4,9-10H2,1-2H3. The third-order valence-electron chi connectivity index (χ3n) is 2.33. The predicted octanol–water partition coefficient (Wildman–Crippen LogP) is 3.24. The second kappa shape index (κ2) is 8.64. The molecule has 1 atom stereocenters. The molecule has 1 aromatic carbocycles. The number of rotatable bonds is 8. The highest BCUT2D eigenvalue weighted by atomic mass is 35.5. The van der Waals surface area contributed by atoms with Gasteiger partial charge >= 0.3 is 0 Å². The molecule has 1 unspecified atom stereocenters. The van der Waals surface area contributed by atoms with Crippen LogP contribution in [0, 0.1) is 0 Å². The molecule has 5 heteroatoms. The summed E-state index contributed by atoms with van der Waals surface area (Å²) in [5.74, 6) is 0.481. The third-order valence-corrected chi connectivity index (χ3v) is 4.22. The number of benzene rings is 1. The second-order valence-corrected chi connectivity index (χ2v) is 5.56. The lowest BCUT2D eigenvalue weighted by atomic mass is 10.4. The Kier molecular flexibility index (Phi) is 7.51. The molecule has 0 fully saturated rings. The molecular weight excluding hydrogens is 272 g/mol. The van der Waals surface area contributed by atoms with Gasteiger partial charge in [0.25, 0.3) is 0 Å². The fraction of sp³-hybridized carbons (Fsp3) is 0.538. The zero-order valence-electron chi connectivity index (χ0n) is 10.7. The van der Waals surface area contributed by atoms with Gasteiger partial charge in [-0.3, -0.25) is 4.21 Å². The molecule has 0 aromatic heterocycles. The van der Waals surface area contributed by atoms with Crippen LogP contribution in [0.3, 0.4) is 0 Å². The summed E-state index contributed by atoms with van der Waals surface area (Å²) in [4.78, 5) is 0.672. The highest BCUT2D eigenvalue weighted by Crippen LogP contribution is 2.20. The highest BCUT2D eigenvalue weighted by molar-refractivity contribution is 7.85. The van der Waals surface area contributed by atoms with E-state index in [-0.39, 0.29) is 6.29 Å². The number of halogens is 1. The molecule has 0 aliphatic heterocycles. The Bertz CT molecular complexity index is 378. The van der Waals surface area contributed by atoms with Crippen LogP contribution in [-0.2, 0) is 20.3 Å². The number of hydrogen-bond donors (Lipinski definition) is 0. The summed E-state index contributed by atoms with van der Waals surface area (Å²) in [5, 5.41) is 0.542. The van der Waals surface area contributed by atoms with Gasteiger partial charge in [-0.25, -0.2) is 0 Å². The van der Waals surface area contributed by atoms with Crippen LogP contribution in [0.1, 0.15) is 20.3 Å². The molecule has 0 heterocycles. The maximum absolute atomic E-state index is 12.1. The van der Waals surface area contributed by atoms with Crippen molar-refractivity contribution >= 4 is 22.4 Å². The monoisotopic (exact) mass is 290 g/mol. The Morgan fingerprint density at radius 1 is 1.22 bits per heavy atom. The quantitative estimate of drug-likeness (QED) is 0.690. The molecule has 3 nitrogen and oxygen atoms in total. The van der Waals surface area contributed by atoms with Crippen LogP contribution in [-0.4, -0.2) is 29.5 Å². The van der Waals surface area contributed by atoms with Crippen molar-refractivity contribution in [2.45, 2.75) is 31.5 Å². The molecule has 0 amide bonds. The number of hydrogen-bond acceptors (Lipinski definition) is 3. The van der Waals surface area contributed by atoms with Gasteiger partial charge in [-0.05, 0) is 26.0 Å². The molecule has 0 bridgehead atoms. The average Bonchev–Trinajstić information content (AvgIpc) is 2.36. The number of ether oxygens (including phenoxy) is 2. The first-order chi connectivity index (χ1) is 8.69. The van der Waals surface area contributed by atoms with Gasteiger partial charge in [0.15, 0.2) is 6.29 Å². The molecule has 102 valence electrons. The van der Waals surface area contributed by atoms with Crippen molar-refractivity contribution < 1.29 is 13.7 Å². The first-order valence-corrected chi connectivity index (χ1v) is 7.74. The normalized spacial score (nSPS) is 12.9. The highest BCUT2D eigenvalue weighted by Gasteiger charge is 2.13. The summed E-state index contributed by atoms with van der Waals surface area (Å²) in [6, 6.07) is 7.19.